The Morgan fingerprint density at radius 3 is 2.31 bits per heavy atom. The highest BCUT2D eigenvalue weighted by Crippen LogP contribution is 2.35. The Kier molecular flexibility index (Phi) is 4.07. The first-order valence-electron chi connectivity index (χ1n) is 4.32. The largest absolute Gasteiger partial charge is 0.496 e. The summed E-state index contributed by atoms with van der Waals surface area (Å²) < 4.78 is 34.5. The number of ether oxygens (including phenoxy) is 2. The Morgan fingerprint density at radius 2 is 1.88 bits per heavy atom. The molecular weight excluding hydrogens is 230 g/mol. The van der Waals surface area contributed by atoms with E-state index in [-0.39, 0.29) is 5.69 Å². The van der Waals surface area contributed by atoms with E-state index in [1.54, 1.807) is 12.1 Å². The fourth-order valence-electron chi connectivity index (χ4n) is 1.22. The Labute approximate surface area is 95.0 Å². The third-order valence-electron chi connectivity index (χ3n) is 1.92. The van der Waals surface area contributed by atoms with Gasteiger partial charge in [-0.05, 0) is 6.07 Å². The van der Waals surface area contributed by atoms with Gasteiger partial charge in [-0.3, -0.25) is 0 Å². The van der Waals surface area contributed by atoms with Gasteiger partial charge in [-0.2, -0.15) is 8.42 Å². The van der Waals surface area contributed by atoms with Crippen LogP contribution in [0.4, 0.5) is 5.69 Å². The zero-order valence-electron chi connectivity index (χ0n) is 8.93. The van der Waals surface area contributed by atoms with Crippen molar-refractivity contribution < 1.29 is 17.9 Å². The summed E-state index contributed by atoms with van der Waals surface area (Å²) in [5, 5.41) is 0. The maximum absolute atomic E-state index is 10.5. The first-order valence-corrected chi connectivity index (χ1v) is 5.35. The molecule has 0 saturated heterocycles. The molecule has 1 aromatic carbocycles. The summed E-state index contributed by atoms with van der Waals surface area (Å²) >= 11 is 0. The molecule has 0 amide bonds. The van der Waals surface area contributed by atoms with Gasteiger partial charge in [-0.25, -0.2) is 0 Å². The van der Waals surface area contributed by atoms with Crippen molar-refractivity contribution in [3.8, 4) is 11.5 Å². The van der Waals surface area contributed by atoms with Crippen LogP contribution in [0.1, 0.15) is 5.56 Å². The third kappa shape index (κ3) is 2.60. The highest BCUT2D eigenvalue weighted by Gasteiger charge is 2.09. The van der Waals surface area contributed by atoms with Crippen molar-refractivity contribution in [3.63, 3.8) is 0 Å². The Hall–Kier alpha value is -1.82. The van der Waals surface area contributed by atoms with Crippen molar-refractivity contribution in [2.45, 2.75) is 0 Å². The normalized spacial score (nSPS) is 9.38. The van der Waals surface area contributed by atoms with Crippen LogP contribution in [0, 0.1) is 0 Å². The first-order chi connectivity index (χ1) is 7.62. The summed E-state index contributed by atoms with van der Waals surface area (Å²) in [5.41, 5.74) is 0.897. The molecule has 86 valence electrons. The van der Waals surface area contributed by atoms with Gasteiger partial charge in [0.1, 0.15) is 17.2 Å². The van der Waals surface area contributed by atoms with E-state index < -0.39 is 10.5 Å². The van der Waals surface area contributed by atoms with Crippen molar-refractivity contribution in [2.75, 3.05) is 14.2 Å². The van der Waals surface area contributed by atoms with E-state index in [0.29, 0.717) is 17.1 Å². The smallest absolute Gasteiger partial charge is 0.316 e. The third-order valence-corrected chi connectivity index (χ3v) is 2.27. The van der Waals surface area contributed by atoms with E-state index in [9.17, 15) is 8.42 Å². The molecule has 0 N–H and O–H groups in total. The van der Waals surface area contributed by atoms with Crippen LogP contribution in [-0.2, 0) is 10.5 Å². The Morgan fingerprint density at radius 1 is 1.25 bits per heavy atom. The van der Waals surface area contributed by atoms with Gasteiger partial charge in [-0.15, -0.1) is 4.36 Å². The van der Waals surface area contributed by atoms with E-state index in [2.05, 4.69) is 10.9 Å². The van der Waals surface area contributed by atoms with Crippen LogP contribution in [-0.4, -0.2) is 22.6 Å². The number of nitrogens with zero attached hydrogens (tertiary/aromatic N) is 1. The standard InChI is InChI=1S/C10H11NO4S/c1-4-7-5-10(15-3)8(11-16(12)13)6-9(7)14-2/h4-6H,1H2,2-3H3. The molecule has 5 nitrogen and oxygen atoms in total. The van der Waals surface area contributed by atoms with Gasteiger partial charge in [0, 0.05) is 11.6 Å². The second-order valence-corrected chi connectivity index (χ2v) is 3.40. The average Bonchev–Trinajstić information content (AvgIpc) is 2.27. The fraction of sp³-hybridized carbons (Fsp3) is 0.200. The summed E-state index contributed by atoms with van der Waals surface area (Å²) in [6, 6.07) is 3.09. The number of benzene rings is 1. The minimum Gasteiger partial charge on any atom is -0.496 e. The highest BCUT2D eigenvalue weighted by atomic mass is 32.2. The SMILES string of the molecule is C=Cc1cc(OC)c(N=S(=O)=O)cc1OC. The quantitative estimate of drug-likeness (QED) is 0.809. The van der Waals surface area contributed by atoms with Crippen LogP contribution in [0.2, 0.25) is 0 Å². The molecule has 0 bridgehead atoms. The lowest BCUT2D eigenvalue weighted by Gasteiger charge is -2.09. The molecule has 0 aliphatic heterocycles. The fourth-order valence-corrected chi connectivity index (χ4v) is 1.52. The summed E-state index contributed by atoms with van der Waals surface area (Å²) in [4.78, 5) is 0. The minimum atomic E-state index is -2.53. The lowest BCUT2D eigenvalue weighted by molar-refractivity contribution is 0.403. The number of rotatable bonds is 4. The van der Waals surface area contributed by atoms with Crippen molar-refractivity contribution in [3.05, 3.63) is 24.3 Å². The molecular formula is C10H11NO4S. The summed E-state index contributed by atoms with van der Waals surface area (Å²) in [6.07, 6.45) is 1.58. The number of methoxy groups -OCH3 is 2. The second kappa shape index (κ2) is 5.32. The van der Waals surface area contributed by atoms with Gasteiger partial charge in [0.25, 0.3) is 0 Å². The predicted molar refractivity (Wildman–Crippen MR) is 60.6 cm³/mol. The average molecular weight is 241 g/mol. The minimum absolute atomic E-state index is 0.193. The lowest BCUT2D eigenvalue weighted by atomic mass is 10.1. The molecule has 0 aromatic heterocycles. The molecule has 0 unspecified atom stereocenters. The van der Waals surface area contributed by atoms with E-state index in [1.165, 1.54) is 20.3 Å². The van der Waals surface area contributed by atoms with Crippen LogP contribution in [0.25, 0.3) is 6.08 Å². The van der Waals surface area contributed by atoms with Gasteiger partial charge >= 0.3 is 10.5 Å². The topological polar surface area (TPSA) is 65.0 Å². The van der Waals surface area contributed by atoms with Gasteiger partial charge in [-0.1, -0.05) is 12.7 Å². The Balaban J connectivity index is 3.49. The molecule has 0 aliphatic rings. The highest BCUT2D eigenvalue weighted by molar-refractivity contribution is 7.61. The molecule has 0 heterocycles. The zero-order chi connectivity index (χ0) is 12.1. The van der Waals surface area contributed by atoms with Crippen LogP contribution in [0.15, 0.2) is 23.1 Å². The van der Waals surface area contributed by atoms with Crippen LogP contribution >= 0.6 is 0 Å². The number of hydrogen-bond acceptors (Lipinski definition) is 5. The first kappa shape index (κ1) is 12.3. The molecule has 0 spiro atoms. The van der Waals surface area contributed by atoms with E-state index >= 15 is 0 Å². The molecule has 6 heteroatoms. The van der Waals surface area contributed by atoms with Gasteiger partial charge in [0.15, 0.2) is 0 Å². The zero-order valence-corrected chi connectivity index (χ0v) is 9.74. The van der Waals surface area contributed by atoms with Gasteiger partial charge in [0.05, 0.1) is 14.2 Å². The summed E-state index contributed by atoms with van der Waals surface area (Å²) in [5.74, 6) is 0.833. The van der Waals surface area contributed by atoms with E-state index in [0.717, 1.165) is 0 Å². The van der Waals surface area contributed by atoms with Crippen molar-refractivity contribution in [2.24, 2.45) is 4.36 Å². The predicted octanol–water partition coefficient (Wildman–Crippen LogP) is 2.04. The van der Waals surface area contributed by atoms with Crippen molar-refractivity contribution in [1.29, 1.82) is 0 Å². The van der Waals surface area contributed by atoms with Gasteiger partial charge < -0.3 is 9.47 Å². The monoisotopic (exact) mass is 241 g/mol. The molecule has 16 heavy (non-hydrogen) atoms. The molecule has 0 fully saturated rings. The van der Waals surface area contributed by atoms with Crippen molar-refractivity contribution in [1.82, 2.24) is 0 Å². The summed E-state index contributed by atoms with van der Waals surface area (Å²) in [7, 11) is 0.377. The maximum Gasteiger partial charge on any atom is 0.316 e. The second-order valence-electron chi connectivity index (χ2n) is 2.78. The molecule has 1 aromatic rings. The lowest BCUT2D eigenvalue weighted by Crippen LogP contribution is -1.90. The molecule has 0 aliphatic carbocycles. The molecule has 0 radical (unpaired) electrons. The van der Waals surface area contributed by atoms with E-state index in [1.807, 2.05) is 0 Å². The van der Waals surface area contributed by atoms with E-state index in [4.69, 9.17) is 9.47 Å². The molecule has 0 atom stereocenters. The molecule has 1 rings (SSSR count). The Bertz CT molecular complexity index is 526. The van der Waals surface area contributed by atoms with Crippen LogP contribution < -0.4 is 9.47 Å². The van der Waals surface area contributed by atoms with Crippen molar-refractivity contribution >= 4 is 22.3 Å². The molecule has 0 saturated carbocycles. The number of hydrogen-bond donors (Lipinski definition) is 0. The maximum atomic E-state index is 10.5. The van der Waals surface area contributed by atoms with Crippen LogP contribution in [0.3, 0.4) is 0 Å². The van der Waals surface area contributed by atoms with Gasteiger partial charge in [0.2, 0.25) is 0 Å². The summed E-state index contributed by atoms with van der Waals surface area (Å²) in [6.45, 7) is 3.62. The van der Waals surface area contributed by atoms with Crippen LogP contribution in [0.5, 0.6) is 11.5 Å².